The van der Waals surface area contributed by atoms with Gasteiger partial charge in [-0.3, -0.25) is 24.5 Å². The second-order valence-corrected chi connectivity index (χ2v) is 9.04. The van der Waals surface area contributed by atoms with E-state index in [9.17, 15) is 19.7 Å². The van der Waals surface area contributed by atoms with Crippen LogP contribution in [0.5, 0.6) is 0 Å². The Morgan fingerprint density at radius 2 is 1.56 bits per heavy atom. The molecule has 9 heteroatoms. The molecule has 4 aromatic carbocycles. The summed E-state index contributed by atoms with van der Waals surface area (Å²) < 4.78 is 0. The Bertz CT molecular complexity index is 1540. The maximum Gasteiger partial charge on any atom is 0.289 e. The van der Waals surface area contributed by atoms with Crippen molar-refractivity contribution in [2.45, 2.75) is 12.1 Å². The van der Waals surface area contributed by atoms with Crippen LogP contribution in [0.2, 0.25) is 5.02 Å². The first-order chi connectivity index (χ1) is 17.5. The number of carbonyl (C=O) groups is 2. The molecule has 0 unspecified atom stereocenters. The summed E-state index contributed by atoms with van der Waals surface area (Å²) >= 11 is 5.95. The third-order valence-electron chi connectivity index (χ3n) is 6.65. The number of halogens is 1. The highest BCUT2D eigenvalue weighted by atomic mass is 35.5. The SMILES string of the molecule is O=C1[C@H]2[C@@H](ON(c3ccccc3)[C@H]2c2cccc3ccccc23)C(=O)N1c1ccc(Cl)c([N+](=O)[O-])c1. The third-order valence-corrected chi connectivity index (χ3v) is 6.97. The van der Waals surface area contributed by atoms with Crippen molar-refractivity contribution in [1.82, 2.24) is 0 Å². The molecule has 0 aromatic heterocycles. The summed E-state index contributed by atoms with van der Waals surface area (Å²) in [5.74, 6) is -1.93. The number of anilines is 2. The van der Waals surface area contributed by atoms with Crippen molar-refractivity contribution in [2.24, 2.45) is 5.92 Å². The summed E-state index contributed by atoms with van der Waals surface area (Å²) in [7, 11) is 0. The van der Waals surface area contributed by atoms with Crippen LogP contribution in [0.4, 0.5) is 17.1 Å². The Morgan fingerprint density at radius 3 is 2.33 bits per heavy atom. The van der Waals surface area contributed by atoms with Crippen LogP contribution < -0.4 is 9.96 Å². The van der Waals surface area contributed by atoms with Gasteiger partial charge in [-0.15, -0.1) is 0 Å². The topological polar surface area (TPSA) is 93.0 Å². The molecule has 178 valence electrons. The van der Waals surface area contributed by atoms with Gasteiger partial charge in [0, 0.05) is 6.07 Å². The standard InChI is InChI=1S/C27H18ClN3O5/c28-21-14-13-18(15-22(21)31(34)35)29-26(32)23-24(20-12-6-8-16-7-4-5-11-19(16)20)30(36-25(23)27(29)33)17-9-2-1-3-10-17/h1-15,23-25H/t23-,24+,25-/m1/s1. The van der Waals surface area contributed by atoms with E-state index in [0.29, 0.717) is 5.69 Å². The van der Waals surface area contributed by atoms with Gasteiger partial charge in [-0.2, -0.15) is 0 Å². The van der Waals surface area contributed by atoms with Crippen molar-refractivity contribution in [3.63, 3.8) is 0 Å². The van der Waals surface area contributed by atoms with Gasteiger partial charge < -0.3 is 0 Å². The number of nitrogens with zero attached hydrogens (tertiary/aromatic N) is 3. The normalized spacial score (nSPS) is 21.3. The maximum absolute atomic E-state index is 13.9. The van der Waals surface area contributed by atoms with Crippen LogP contribution in [0.3, 0.4) is 0 Å². The minimum atomic E-state index is -1.09. The van der Waals surface area contributed by atoms with Crippen LogP contribution in [0, 0.1) is 16.0 Å². The van der Waals surface area contributed by atoms with E-state index in [0.717, 1.165) is 27.3 Å². The van der Waals surface area contributed by atoms with Gasteiger partial charge in [0.1, 0.15) is 10.9 Å². The van der Waals surface area contributed by atoms with E-state index in [1.165, 1.54) is 12.1 Å². The molecule has 0 radical (unpaired) electrons. The number of hydrogen-bond acceptors (Lipinski definition) is 6. The molecule has 6 rings (SSSR count). The van der Waals surface area contributed by atoms with Crippen LogP contribution in [-0.4, -0.2) is 22.8 Å². The summed E-state index contributed by atoms with van der Waals surface area (Å²) in [4.78, 5) is 45.3. The van der Waals surface area contributed by atoms with Crippen LogP contribution >= 0.6 is 11.6 Å². The lowest BCUT2D eigenvalue weighted by Gasteiger charge is -2.29. The van der Waals surface area contributed by atoms with Crippen molar-refractivity contribution in [1.29, 1.82) is 0 Å². The van der Waals surface area contributed by atoms with Gasteiger partial charge in [0.15, 0.2) is 6.10 Å². The Morgan fingerprint density at radius 1 is 0.833 bits per heavy atom. The highest BCUT2D eigenvalue weighted by Gasteiger charge is 2.60. The summed E-state index contributed by atoms with van der Waals surface area (Å²) in [6.07, 6.45) is -1.09. The molecule has 0 saturated carbocycles. The lowest BCUT2D eigenvalue weighted by Crippen LogP contribution is -2.37. The number of rotatable bonds is 4. The number of fused-ring (bicyclic) bond motifs is 2. The molecule has 0 aliphatic carbocycles. The van der Waals surface area contributed by atoms with Crippen molar-refractivity contribution in [3.8, 4) is 0 Å². The molecule has 2 heterocycles. The quantitative estimate of drug-likeness (QED) is 0.210. The average molecular weight is 500 g/mol. The molecule has 8 nitrogen and oxygen atoms in total. The fraction of sp³-hybridized carbons (Fsp3) is 0.111. The second kappa shape index (κ2) is 8.44. The summed E-state index contributed by atoms with van der Waals surface area (Å²) in [5, 5.41) is 14.9. The fourth-order valence-electron chi connectivity index (χ4n) is 5.07. The first-order valence-corrected chi connectivity index (χ1v) is 11.6. The number of benzene rings is 4. The number of para-hydroxylation sites is 1. The summed E-state index contributed by atoms with van der Waals surface area (Å²) in [5.41, 5.74) is 1.25. The lowest BCUT2D eigenvalue weighted by molar-refractivity contribution is -0.384. The molecule has 2 aliphatic heterocycles. The Kier molecular flexibility index (Phi) is 5.21. The van der Waals surface area contributed by atoms with E-state index in [4.69, 9.17) is 16.4 Å². The molecule has 4 aromatic rings. The van der Waals surface area contributed by atoms with Gasteiger partial charge in [-0.05, 0) is 40.6 Å². The lowest BCUT2D eigenvalue weighted by atomic mass is 9.87. The van der Waals surface area contributed by atoms with E-state index in [-0.39, 0.29) is 16.4 Å². The van der Waals surface area contributed by atoms with E-state index in [1.54, 1.807) is 5.06 Å². The summed E-state index contributed by atoms with van der Waals surface area (Å²) in [6.45, 7) is 0. The summed E-state index contributed by atoms with van der Waals surface area (Å²) in [6, 6.07) is 26.2. The zero-order valence-electron chi connectivity index (χ0n) is 18.7. The molecule has 2 aliphatic rings. The largest absolute Gasteiger partial charge is 0.289 e. The Balaban J connectivity index is 1.49. The van der Waals surface area contributed by atoms with Gasteiger partial charge in [0.25, 0.3) is 11.6 Å². The molecule has 0 bridgehead atoms. The van der Waals surface area contributed by atoms with E-state index in [2.05, 4.69) is 0 Å². The number of nitro benzene ring substituents is 1. The predicted molar refractivity (Wildman–Crippen MR) is 135 cm³/mol. The van der Waals surface area contributed by atoms with Crippen molar-refractivity contribution >= 4 is 51.2 Å². The van der Waals surface area contributed by atoms with E-state index >= 15 is 0 Å². The van der Waals surface area contributed by atoms with Gasteiger partial charge in [0.2, 0.25) is 5.91 Å². The number of hydrogen-bond donors (Lipinski definition) is 0. The number of imide groups is 1. The molecule has 0 N–H and O–H groups in total. The number of hydroxylamine groups is 1. The van der Waals surface area contributed by atoms with Gasteiger partial charge in [0.05, 0.1) is 22.3 Å². The molecule has 2 saturated heterocycles. The van der Waals surface area contributed by atoms with E-state index < -0.39 is 34.8 Å². The molecule has 0 spiro atoms. The molecule has 2 fully saturated rings. The monoisotopic (exact) mass is 499 g/mol. The molecular formula is C27H18ClN3O5. The van der Waals surface area contributed by atoms with Crippen molar-refractivity contribution in [2.75, 3.05) is 9.96 Å². The van der Waals surface area contributed by atoms with E-state index in [1.807, 2.05) is 72.8 Å². The van der Waals surface area contributed by atoms with Crippen molar-refractivity contribution in [3.05, 3.63) is 112 Å². The Hall–Kier alpha value is -4.27. The first-order valence-electron chi connectivity index (χ1n) is 11.3. The van der Waals surface area contributed by atoms with Crippen LogP contribution in [-0.2, 0) is 14.4 Å². The average Bonchev–Trinajstić information content (AvgIpc) is 3.40. The highest BCUT2D eigenvalue weighted by molar-refractivity contribution is 6.33. The zero-order valence-corrected chi connectivity index (χ0v) is 19.4. The number of carbonyl (C=O) groups excluding carboxylic acids is 2. The number of amides is 2. The van der Waals surface area contributed by atoms with Crippen molar-refractivity contribution < 1.29 is 19.3 Å². The van der Waals surface area contributed by atoms with Crippen LogP contribution in [0.15, 0.2) is 91.0 Å². The molecule has 3 atom stereocenters. The van der Waals surface area contributed by atoms with Gasteiger partial charge in [-0.25, -0.2) is 9.96 Å². The highest BCUT2D eigenvalue weighted by Crippen LogP contribution is 2.49. The zero-order chi connectivity index (χ0) is 25.0. The predicted octanol–water partition coefficient (Wildman–Crippen LogP) is 5.45. The first kappa shape index (κ1) is 22.2. The minimum absolute atomic E-state index is 0.0804. The minimum Gasteiger partial charge on any atom is -0.273 e. The Labute approximate surface area is 210 Å². The van der Waals surface area contributed by atoms with Gasteiger partial charge >= 0.3 is 0 Å². The van der Waals surface area contributed by atoms with Crippen LogP contribution in [0.25, 0.3) is 10.8 Å². The molecule has 36 heavy (non-hydrogen) atoms. The van der Waals surface area contributed by atoms with Crippen LogP contribution in [0.1, 0.15) is 11.6 Å². The van der Waals surface area contributed by atoms with Gasteiger partial charge in [-0.1, -0.05) is 72.3 Å². The molecule has 2 amide bonds. The smallest absolute Gasteiger partial charge is 0.273 e. The maximum atomic E-state index is 13.9. The molecular weight excluding hydrogens is 482 g/mol. The number of nitro groups is 1. The fourth-order valence-corrected chi connectivity index (χ4v) is 5.26. The third kappa shape index (κ3) is 3.34. The second-order valence-electron chi connectivity index (χ2n) is 8.63.